The molecule has 0 saturated heterocycles. The van der Waals surface area contributed by atoms with E-state index in [0.717, 1.165) is 0 Å². The molecule has 0 saturated carbocycles. The highest BCUT2D eigenvalue weighted by molar-refractivity contribution is 7.90. The summed E-state index contributed by atoms with van der Waals surface area (Å²) in [6, 6.07) is -0.417. The van der Waals surface area contributed by atoms with Crippen molar-refractivity contribution < 1.29 is 79.6 Å². The van der Waals surface area contributed by atoms with Crippen LogP contribution >= 0.6 is 14.5 Å². The van der Waals surface area contributed by atoms with Crippen molar-refractivity contribution in [3.63, 3.8) is 0 Å². The van der Waals surface area contributed by atoms with Crippen molar-refractivity contribution in [2.45, 2.75) is 118 Å². The summed E-state index contributed by atoms with van der Waals surface area (Å²) in [5.74, 6) is -30.9. The van der Waals surface area contributed by atoms with Gasteiger partial charge in [-0.3, -0.25) is 0 Å². The lowest BCUT2D eigenvalue weighted by Gasteiger charge is -2.48. The first kappa shape index (κ1) is 55.6. The number of benzene rings is 4. The minimum absolute atomic E-state index is 0.223. The number of hydrogen-bond acceptors (Lipinski definition) is 2. The topological polar surface area (TPSA) is 18.5 Å². The Kier molecular flexibility index (Phi) is 14.5. The van der Waals surface area contributed by atoms with Crippen LogP contribution in [-0.2, 0) is 9.31 Å². The van der Waals surface area contributed by atoms with Gasteiger partial charge >= 0.3 is 0 Å². The average Bonchev–Trinajstić information content (AvgIpc) is 3.72. The third-order valence-corrected chi connectivity index (χ3v) is 27.7. The molecular weight excluding hydrogens is 972 g/mol. The fourth-order valence-electron chi connectivity index (χ4n) is 12.0. The van der Waals surface area contributed by atoms with Gasteiger partial charge in [-0.2, -0.15) is 8.78 Å². The first-order chi connectivity index (χ1) is 30.8. The molecular formula is C46H52B2F16O2P2. The zero-order chi connectivity index (χ0) is 52.4. The molecule has 2 aliphatic rings. The summed E-state index contributed by atoms with van der Waals surface area (Å²) in [5.41, 5.74) is -4.02. The van der Waals surface area contributed by atoms with E-state index in [2.05, 4.69) is 0 Å². The average molecular weight is 1020 g/mol. The number of halogens is 16. The SMILES string of the molecule is CCO[B@-]1(c2c(F)c(F)c(F)c(F)c2F)C[P+](C(C)(C)C)(C(C)(C)C)c2c(F)c(F)cc(F)c21.CCO[B@-]1(c2c(F)c(F)c(F)c(F)c2F)C[P+](C(C)(C)C)(C(C)(C)C)c2c(F)c(F)cc(F)c21. The maximum Gasteiger partial charge on any atom is 0.219 e. The molecule has 0 fully saturated rings. The van der Waals surface area contributed by atoms with Crippen LogP contribution in [0.2, 0.25) is 0 Å². The Morgan fingerprint density at radius 3 is 0.779 bits per heavy atom. The number of fused-ring (bicyclic) bond motifs is 2. The Morgan fingerprint density at radius 1 is 0.353 bits per heavy atom. The van der Waals surface area contributed by atoms with Crippen molar-refractivity contribution in [3.8, 4) is 0 Å². The highest BCUT2D eigenvalue weighted by Gasteiger charge is 2.71. The van der Waals surface area contributed by atoms with Crippen LogP contribution in [0.1, 0.15) is 96.9 Å². The van der Waals surface area contributed by atoms with Crippen molar-refractivity contribution in [1.29, 1.82) is 0 Å². The molecule has 0 radical (unpaired) electrons. The van der Waals surface area contributed by atoms with Gasteiger partial charge in [0, 0.05) is 26.7 Å². The fraction of sp³-hybridized carbons (Fsp3) is 0.478. The van der Waals surface area contributed by atoms with Crippen molar-refractivity contribution in [1.82, 2.24) is 0 Å². The van der Waals surface area contributed by atoms with Crippen LogP contribution in [0, 0.1) is 93.1 Å². The van der Waals surface area contributed by atoms with E-state index in [1.54, 1.807) is 83.1 Å². The Morgan fingerprint density at radius 2 is 0.574 bits per heavy atom. The molecule has 0 spiro atoms. The van der Waals surface area contributed by atoms with E-state index in [4.69, 9.17) is 9.31 Å². The molecule has 22 heteroatoms. The molecule has 4 aromatic carbocycles. The van der Waals surface area contributed by atoms with Crippen LogP contribution in [0.15, 0.2) is 12.1 Å². The summed E-state index contributed by atoms with van der Waals surface area (Å²) in [4.78, 5) is 0. The van der Waals surface area contributed by atoms with Gasteiger partial charge in [-0.15, -0.1) is 0 Å². The normalized spacial score (nSPS) is 20.1. The highest BCUT2D eigenvalue weighted by Crippen LogP contribution is 2.79. The van der Waals surface area contributed by atoms with Crippen LogP contribution in [0.5, 0.6) is 0 Å². The predicted octanol–water partition coefficient (Wildman–Crippen LogP) is 11.4. The third-order valence-electron chi connectivity index (χ3n) is 14.0. The molecule has 2 aliphatic heterocycles. The monoisotopic (exact) mass is 1020 g/mol. The van der Waals surface area contributed by atoms with Crippen molar-refractivity contribution in [3.05, 3.63) is 105 Å². The van der Waals surface area contributed by atoms with Crippen LogP contribution < -0.4 is 32.5 Å². The van der Waals surface area contributed by atoms with Gasteiger partial charge in [-0.05, 0) is 122 Å². The summed E-state index contributed by atoms with van der Waals surface area (Å²) < 4.78 is 249. The third kappa shape index (κ3) is 7.64. The van der Waals surface area contributed by atoms with E-state index >= 15 is 35.1 Å². The molecule has 2 nitrogen and oxygen atoms in total. The smallest absolute Gasteiger partial charge is 0.219 e. The minimum Gasteiger partial charge on any atom is -0.580 e. The molecule has 0 aliphatic carbocycles. The zero-order valence-electron chi connectivity index (χ0n) is 39.9. The molecule has 2 heterocycles. The molecule has 0 unspecified atom stereocenters. The van der Waals surface area contributed by atoms with Crippen LogP contribution in [0.3, 0.4) is 0 Å². The second kappa shape index (κ2) is 17.8. The second-order valence-corrected chi connectivity index (χ2v) is 31.5. The van der Waals surface area contributed by atoms with Crippen LogP contribution in [0.25, 0.3) is 0 Å². The van der Waals surface area contributed by atoms with Crippen LogP contribution in [0.4, 0.5) is 70.2 Å². The van der Waals surface area contributed by atoms with Crippen molar-refractivity contribution >= 4 is 59.7 Å². The van der Waals surface area contributed by atoms with Gasteiger partial charge < -0.3 is 9.31 Å². The lowest BCUT2D eigenvalue weighted by Crippen LogP contribution is -2.66. The van der Waals surface area contributed by atoms with Gasteiger partial charge in [0.05, 0.1) is 32.3 Å². The summed E-state index contributed by atoms with van der Waals surface area (Å²) in [7, 11) is -6.44. The zero-order valence-corrected chi connectivity index (χ0v) is 41.7. The summed E-state index contributed by atoms with van der Waals surface area (Å²) in [6.45, 7) is 22.6. The van der Waals surface area contributed by atoms with E-state index in [9.17, 15) is 35.1 Å². The molecule has 2 atom stereocenters. The maximum atomic E-state index is 15.6. The quantitative estimate of drug-likeness (QED) is 0.0630. The second-order valence-electron chi connectivity index (χ2n) is 21.3. The lowest BCUT2D eigenvalue weighted by atomic mass is 9.33. The minimum atomic E-state index is -3.53. The molecule has 0 amide bonds. The Hall–Kier alpha value is -3.33. The molecule has 0 aromatic heterocycles. The highest BCUT2D eigenvalue weighted by atomic mass is 31.2. The van der Waals surface area contributed by atoms with E-state index in [1.807, 2.05) is 0 Å². The summed E-state index contributed by atoms with van der Waals surface area (Å²) in [5, 5.41) is -4.39. The maximum absolute atomic E-state index is 15.6. The van der Waals surface area contributed by atoms with Crippen LogP contribution in [-0.4, -0.2) is 58.7 Å². The predicted molar refractivity (Wildman–Crippen MR) is 240 cm³/mol. The summed E-state index contributed by atoms with van der Waals surface area (Å²) in [6.07, 6.45) is -7.06. The number of rotatable bonds is 6. The Bertz CT molecular complexity index is 2440. The van der Waals surface area contributed by atoms with Gasteiger partial charge in [0.2, 0.25) is 12.7 Å². The van der Waals surface area contributed by atoms with E-state index in [-0.39, 0.29) is 25.3 Å². The van der Waals surface area contributed by atoms with E-state index in [0.29, 0.717) is 0 Å². The van der Waals surface area contributed by atoms with Gasteiger partial charge in [0.1, 0.15) is 33.9 Å². The van der Waals surface area contributed by atoms with Gasteiger partial charge in [-0.1, -0.05) is 21.9 Å². The molecule has 68 heavy (non-hydrogen) atoms. The van der Waals surface area contributed by atoms with Gasteiger partial charge in [-0.25, -0.2) is 61.5 Å². The largest absolute Gasteiger partial charge is 0.580 e. The first-order valence-corrected chi connectivity index (χ1v) is 25.5. The molecule has 4 aromatic rings. The number of hydrogen-bond donors (Lipinski definition) is 0. The standard InChI is InChI=1S/2C23H26BF8OP/c2*1-8-33-24(14-16(28)18(30)20(32)19(31)17(14)29)10-34(22(2,3)4,23(5,6)7)21-13(24)11(25)9-12(26)15(21)27/h2*9H,8,10H2,1-7H3/t2*24-/m11/s1. The Labute approximate surface area is 386 Å². The first-order valence-electron chi connectivity index (χ1n) is 21.6. The fourth-order valence-corrected chi connectivity index (χ4v) is 26.0. The van der Waals surface area contributed by atoms with Crippen molar-refractivity contribution in [2.24, 2.45) is 0 Å². The van der Waals surface area contributed by atoms with E-state index < -0.39 is 186 Å². The van der Waals surface area contributed by atoms with Gasteiger partial charge in [0.15, 0.2) is 58.2 Å². The Balaban J connectivity index is 0.000000254. The molecule has 0 bridgehead atoms. The molecule has 0 N–H and O–H groups in total. The molecule has 6 rings (SSSR count). The van der Waals surface area contributed by atoms with Gasteiger partial charge in [0.25, 0.3) is 0 Å². The molecule has 376 valence electrons. The van der Waals surface area contributed by atoms with E-state index in [1.165, 1.54) is 13.8 Å². The summed E-state index contributed by atoms with van der Waals surface area (Å²) >= 11 is 0. The lowest BCUT2D eigenvalue weighted by molar-refractivity contribution is 0.334. The van der Waals surface area contributed by atoms with Crippen molar-refractivity contribution in [2.75, 3.05) is 25.3 Å².